The number of alkyl halides is 3. The van der Waals surface area contributed by atoms with Gasteiger partial charge in [-0.1, -0.05) is 23.7 Å². The Morgan fingerprint density at radius 3 is 2.59 bits per heavy atom. The van der Waals surface area contributed by atoms with Crippen LogP contribution in [0.3, 0.4) is 0 Å². The lowest BCUT2D eigenvalue weighted by molar-refractivity contribution is -0.145. The van der Waals surface area contributed by atoms with Crippen LogP contribution in [0.15, 0.2) is 24.3 Å². The molecule has 0 unspecified atom stereocenters. The number of halogens is 4. The minimum Gasteiger partial charge on any atom is -0.331 e. The smallest absolute Gasteiger partial charge is 0.331 e. The topological polar surface area (TPSA) is 77.0 Å². The van der Waals surface area contributed by atoms with E-state index in [9.17, 15) is 18.0 Å². The lowest BCUT2D eigenvalue weighted by Gasteiger charge is -2.44. The standard InChI is InChI=1S/C19H21ClF3N5O/c20-13-3-1-2-12(10-13)18(11-24)6-4-14(5-7-18)27-8-9-28-15(16(27)29)25-17(26-28)19(21,22)23/h1-3,10,14H,4-9,11,24H2/t14-,18-. The third-order valence-electron chi connectivity index (χ3n) is 6.11. The predicted octanol–water partition coefficient (Wildman–Crippen LogP) is 3.25. The van der Waals surface area contributed by atoms with Crippen molar-refractivity contribution >= 4 is 17.5 Å². The molecule has 156 valence electrons. The molecule has 6 nitrogen and oxygen atoms in total. The highest BCUT2D eigenvalue weighted by molar-refractivity contribution is 6.30. The van der Waals surface area contributed by atoms with E-state index >= 15 is 0 Å². The van der Waals surface area contributed by atoms with Gasteiger partial charge in [0, 0.05) is 29.6 Å². The maximum atomic E-state index is 12.9. The molecule has 1 aromatic heterocycles. The van der Waals surface area contributed by atoms with Gasteiger partial charge < -0.3 is 10.6 Å². The first-order valence-corrected chi connectivity index (χ1v) is 9.90. The molecule has 29 heavy (non-hydrogen) atoms. The van der Waals surface area contributed by atoms with Crippen LogP contribution in [0.25, 0.3) is 0 Å². The summed E-state index contributed by atoms with van der Waals surface area (Å²) in [5.74, 6) is -2.00. The molecular weight excluding hydrogens is 407 g/mol. The van der Waals surface area contributed by atoms with Crippen LogP contribution < -0.4 is 5.73 Å². The number of rotatable bonds is 3. The van der Waals surface area contributed by atoms with E-state index in [-0.39, 0.29) is 23.8 Å². The van der Waals surface area contributed by atoms with Gasteiger partial charge in [0.05, 0.1) is 6.54 Å². The van der Waals surface area contributed by atoms with Crippen LogP contribution in [0.1, 0.15) is 47.7 Å². The zero-order chi connectivity index (χ0) is 20.8. The van der Waals surface area contributed by atoms with Crippen LogP contribution in [-0.4, -0.2) is 44.7 Å². The normalized spacial score (nSPS) is 25.2. The number of benzene rings is 1. The Morgan fingerprint density at radius 1 is 1.24 bits per heavy atom. The summed E-state index contributed by atoms with van der Waals surface area (Å²) in [4.78, 5) is 17.9. The summed E-state index contributed by atoms with van der Waals surface area (Å²) in [6.45, 7) is 0.998. The largest absolute Gasteiger partial charge is 0.453 e. The molecule has 1 aromatic carbocycles. The number of nitrogens with zero attached hydrogens (tertiary/aromatic N) is 4. The van der Waals surface area contributed by atoms with Gasteiger partial charge in [0.25, 0.3) is 11.7 Å². The average molecular weight is 428 g/mol. The Labute approximate surface area is 170 Å². The fourth-order valence-corrected chi connectivity index (χ4v) is 4.64. The van der Waals surface area contributed by atoms with Crippen molar-refractivity contribution in [3.05, 3.63) is 46.5 Å². The van der Waals surface area contributed by atoms with Crippen LogP contribution in [0.4, 0.5) is 13.2 Å². The average Bonchev–Trinajstić information content (AvgIpc) is 3.14. The van der Waals surface area contributed by atoms with E-state index in [2.05, 4.69) is 10.1 Å². The van der Waals surface area contributed by atoms with Crippen molar-refractivity contribution in [2.45, 2.75) is 49.9 Å². The molecule has 1 saturated carbocycles. The number of nitrogens with two attached hydrogens (primary N) is 1. The molecule has 2 heterocycles. The zero-order valence-corrected chi connectivity index (χ0v) is 16.4. The maximum Gasteiger partial charge on any atom is 0.453 e. The number of amides is 1. The van der Waals surface area contributed by atoms with Crippen molar-refractivity contribution in [3.8, 4) is 0 Å². The Bertz CT molecular complexity index is 921. The third-order valence-corrected chi connectivity index (χ3v) is 6.35. The zero-order valence-electron chi connectivity index (χ0n) is 15.6. The molecule has 0 atom stereocenters. The Hall–Kier alpha value is -2.13. The molecule has 1 fully saturated rings. The molecule has 0 saturated heterocycles. The van der Waals surface area contributed by atoms with E-state index in [0.29, 0.717) is 18.1 Å². The van der Waals surface area contributed by atoms with E-state index in [0.717, 1.165) is 35.9 Å². The second kappa shape index (κ2) is 7.28. The van der Waals surface area contributed by atoms with Crippen LogP contribution in [0.5, 0.6) is 0 Å². The van der Waals surface area contributed by atoms with Crippen molar-refractivity contribution < 1.29 is 18.0 Å². The summed E-state index contributed by atoms with van der Waals surface area (Å²) < 4.78 is 39.7. The first kappa shape index (κ1) is 20.2. The first-order chi connectivity index (χ1) is 13.7. The molecule has 0 radical (unpaired) electrons. The van der Waals surface area contributed by atoms with Crippen LogP contribution in [0, 0.1) is 0 Å². The van der Waals surface area contributed by atoms with E-state index in [1.54, 1.807) is 4.90 Å². The number of hydrogen-bond donors (Lipinski definition) is 1. The summed E-state index contributed by atoms with van der Waals surface area (Å²) in [6.07, 6.45) is -1.68. The van der Waals surface area contributed by atoms with E-state index < -0.39 is 17.9 Å². The van der Waals surface area contributed by atoms with Crippen LogP contribution in [-0.2, 0) is 18.1 Å². The van der Waals surface area contributed by atoms with E-state index in [1.807, 2.05) is 24.3 Å². The molecule has 1 aliphatic carbocycles. The van der Waals surface area contributed by atoms with Gasteiger partial charge in [0.1, 0.15) is 0 Å². The van der Waals surface area contributed by atoms with Gasteiger partial charge >= 0.3 is 6.18 Å². The summed E-state index contributed by atoms with van der Waals surface area (Å²) in [7, 11) is 0. The van der Waals surface area contributed by atoms with Crippen LogP contribution >= 0.6 is 11.6 Å². The Balaban J connectivity index is 1.50. The quantitative estimate of drug-likeness (QED) is 0.815. The number of carbonyl (C=O) groups excluding carboxylic acids is 1. The minimum absolute atomic E-state index is 0.0545. The summed E-state index contributed by atoms with van der Waals surface area (Å²) >= 11 is 6.15. The van der Waals surface area contributed by atoms with Gasteiger partial charge in [-0.25, -0.2) is 4.68 Å². The highest BCUT2D eigenvalue weighted by Crippen LogP contribution is 2.41. The predicted molar refractivity (Wildman–Crippen MR) is 101 cm³/mol. The van der Waals surface area contributed by atoms with Gasteiger partial charge in [0.15, 0.2) is 0 Å². The fourth-order valence-electron chi connectivity index (χ4n) is 4.45. The second-order valence-corrected chi connectivity index (χ2v) is 8.14. The van der Waals surface area contributed by atoms with Gasteiger partial charge in [0.2, 0.25) is 5.82 Å². The second-order valence-electron chi connectivity index (χ2n) is 7.70. The summed E-state index contributed by atoms with van der Waals surface area (Å²) in [6, 6.07) is 7.62. The van der Waals surface area contributed by atoms with Crippen LogP contribution in [0.2, 0.25) is 5.02 Å². The highest BCUT2D eigenvalue weighted by atomic mass is 35.5. The third kappa shape index (κ3) is 3.61. The molecular formula is C19H21ClF3N5O. The molecule has 0 spiro atoms. The van der Waals surface area contributed by atoms with Gasteiger partial charge in [-0.2, -0.15) is 18.2 Å². The maximum absolute atomic E-state index is 12.9. The Morgan fingerprint density at radius 2 is 1.97 bits per heavy atom. The SMILES string of the molecule is NC[C@]1(c2cccc(Cl)c2)CC[C@H](N2CCn3nc(C(F)(F)F)nc3C2=O)CC1. The number of aromatic nitrogens is 3. The molecule has 4 rings (SSSR count). The van der Waals surface area contributed by atoms with Gasteiger partial charge in [-0.05, 0) is 43.4 Å². The number of fused-ring (bicyclic) bond motifs is 1. The number of hydrogen-bond acceptors (Lipinski definition) is 4. The van der Waals surface area contributed by atoms with Crippen molar-refractivity contribution in [2.24, 2.45) is 5.73 Å². The minimum atomic E-state index is -4.67. The lowest BCUT2D eigenvalue weighted by Crippen LogP contribution is -2.51. The van der Waals surface area contributed by atoms with Gasteiger partial charge in [-0.3, -0.25) is 4.79 Å². The molecule has 2 N–H and O–H groups in total. The molecule has 1 amide bonds. The monoisotopic (exact) mass is 427 g/mol. The molecule has 2 aromatic rings. The van der Waals surface area contributed by atoms with Crippen molar-refractivity contribution in [2.75, 3.05) is 13.1 Å². The van der Waals surface area contributed by atoms with Crippen molar-refractivity contribution in [3.63, 3.8) is 0 Å². The molecule has 1 aliphatic heterocycles. The first-order valence-electron chi connectivity index (χ1n) is 9.53. The van der Waals surface area contributed by atoms with Crippen molar-refractivity contribution in [1.82, 2.24) is 19.7 Å². The van der Waals surface area contributed by atoms with E-state index in [4.69, 9.17) is 17.3 Å². The fraction of sp³-hybridized carbons (Fsp3) is 0.526. The molecule has 0 bridgehead atoms. The Kier molecular flexibility index (Phi) is 5.06. The van der Waals surface area contributed by atoms with Gasteiger partial charge in [-0.15, -0.1) is 5.10 Å². The van der Waals surface area contributed by atoms with E-state index in [1.165, 1.54) is 0 Å². The lowest BCUT2D eigenvalue weighted by atomic mass is 9.68. The number of carbonyl (C=O) groups is 1. The molecule has 2 aliphatic rings. The van der Waals surface area contributed by atoms with Crippen molar-refractivity contribution in [1.29, 1.82) is 0 Å². The highest BCUT2D eigenvalue weighted by Gasteiger charge is 2.43. The molecule has 10 heteroatoms. The summed E-state index contributed by atoms with van der Waals surface area (Å²) in [5.41, 5.74) is 7.01. The summed E-state index contributed by atoms with van der Waals surface area (Å²) in [5, 5.41) is 4.10.